The van der Waals surface area contributed by atoms with Crippen molar-refractivity contribution in [1.29, 1.82) is 0 Å². The second kappa shape index (κ2) is 7.35. The van der Waals surface area contributed by atoms with Crippen LogP contribution < -0.4 is 5.32 Å². The lowest BCUT2D eigenvalue weighted by Gasteiger charge is -2.17. The SMILES string of the molecule is Cc1noc(C)c1-c1ccc2c(N[C@H](C)c3ccccc3)c([N+](=O)[O-])cnc2c1. The second-order valence-corrected chi connectivity index (χ2v) is 6.98. The Balaban J connectivity index is 1.83. The molecule has 146 valence electrons. The van der Waals surface area contributed by atoms with Gasteiger partial charge in [-0.15, -0.1) is 0 Å². The molecule has 7 heteroatoms. The molecular formula is C22H20N4O3. The van der Waals surface area contributed by atoms with E-state index in [0.717, 1.165) is 28.1 Å². The molecule has 1 N–H and O–H groups in total. The molecule has 0 unspecified atom stereocenters. The van der Waals surface area contributed by atoms with Crippen LogP contribution >= 0.6 is 0 Å². The number of benzene rings is 2. The fraction of sp³-hybridized carbons (Fsp3) is 0.182. The lowest BCUT2D eigenvalue weighted by atomic mass is 10.0. The zero-order valence-corrected chi connectivity index (χ0v) is 16.3. The Morgan fingerprint density at radius 2 is 1.90 bits per heavy atom. The summed E-state index contributed by atoms with van der Waals surface area (Å²) in [7, 11) is 0. The van der Waals surface area contributed by atoms with E-state index in [-0.39, 0.29) is 11.7 Å². The van der Waals surface area contributed by atoms with Gasteiger partial charge >= 0.3 is 5.69 Å². The second-order valence-electron chi connectivity index (χ2n) is 6.98. The van der Waals surface area contributed by atoms with Crippen LogP contribution in [0.3, 0.4) is 0 Å². The van der Waals surface area contributed by atoms with Crippen molar-refractivity contribution in [2.45, 2.75) is 26.8 Å². The highest BCUT2D eigenvalue weighted by Gasteiger charge is 2.21. The van der Waals surface area contributed by atoms with Gasteiger partial charge in [-0.05, 0) is 44.0 Å². The molecule has 7 nitrogen and oxygen atoms in total. The lowest BCUT2D eigenvalue weighted by molar-refractivity contribution is -0.384. The van der Waals surface area contributed by atoms with Crippen LogP contribution in [0.15, 0.2) is 59.3 Å². The molecule has 0 spiro atoms. The Morgan fingerprint density at radius 1 is 1.14 bits per heavy atom. The molecule has 0 radical (unpaired) electrons. The van der Waals surface area contributed by atoms with Crippen LogP contribution in [0.4, 0.5) is 11.4 Å². The zero-order chi connectivity index (χ0) is 20.5. The zero-order valence-electron chi connectivity index (χ0n) is 16.3. The molecule has 29 heavy (non-hydrogen) atoms. The number of aryl methyl sites for hydroxylation is 2. The molecular weight excluding hydrogens is 368 g/mol. The van der Waals surface area contributed by atoms with Crippen molar-refractivity contribution in [3.8, 4) is 11.1 Å². The molecule has 0 saturated carbocycles. The van der Waals surface area contributed by atoms with Crippen molar-refractivity contribution >= 4 is 22.3 Å². The number of nitro groups is 1. The van der Waals surface area contributed by atoms with E-state index in [2.05, 4.69) is 15.5 Å². The van der Waals surface area contributed by atoms with Crippen molar-refractivity contribution in [3.05, 3.63) is 81.9 Å². The summed E-state index contributed by atoms with van der Waals surface area (Å²) in [5.74, 6) is 0.722. The minimum Gasteiger partial charge on any atom is -0.372 e. The number of anilines is 1. The first-order valence-electron chi connectivity index (χ1n) is 9.27. The Morgan fingerprint density at radius 3 is 2.55 bits per heavy atom. The first-order chi connectivity index (χ1) is 14.0. The molecule has 0 saturated heterocycles. The molecule has 0 fully saturated rings. The molecule has 0 aliphatic rings. The van der Waals surface area contributed by atoms with Crippen LogP contribution in [0.5, 0.6) is 0 Å². The van der Waals surface area contributed by atoms with Crippen molar-refractivity contribution < 1.29 is 9.45 Å². The highest BCUT2D eigenvalue weighted by molar-refractivity contribution is 5.98. The number of nitrogens with zero attached hydrogens (tertiary/aromatic N) is 3. The third-order valence-electron chi connectivity index (χ3n) is 5.03. The third kappa shape index (κ3) is 3.42. The maximum Gasteiger partial charge on any atom is 0.311 e. The van der Waals surface area contributed by atoms with Gasteiger partial charge in [-0.2, -0.15) is 0 Å². The molecule has 0 aliphatic heterocycles. The van der Waals surface area contributed by atoms with Gasteiger partial charge in [0.15, 0.2) is 0 Å². The Bertz CT molecular complexity index is 1180. The lowest BCUT2D eigenvalue weighted by Crippen LogP contribution is -2.09. The Kier molecular flexibility index (Phi) is 4.72. The van der Waals surface area contributed by atoms with Crippen LogP contribution in [0.2, 0.25) is 0 Å². The molecule has 1 atom stereocenters. The first kappa shape index (κ1) is 18.6. The topological polar surface area (TPSA) is 94.1 Å². The highest BCUT2D eigenvalue weighted by atomic mass is 16.6. The maximum atomic E-state index is 11.6. The van der Waals surface area contributed by atoms with Gasteiger partial charge in [0.05, 0.1) is 16.1 Å². The molecule has 4 aromatic rings. The van der Waals surface area contributed by atoms with Crippen LogP contribution in [0, 0.1) is 24.0 Å². The van der Waals surface area contributed by atoms with E-state index in [1.807, 2.05) is 69.3 Å². The predicted octanol–water partition coefficient (Wildman–Crippen LogP) is 5.59. The third-order valence-corrected chi connectivity index (χ3v) is 5.03. The van der Waals surface area contributed by atoms with E-state index < -0.39 is 4.92 Å². The summed E-state index contributed by atoms with van der Waals surface area (Å²) < 4.78 is 5.27. The number of hydrogen-bond acceptors (Lipinski definition) is 6. The maximum absolute atomic E-state index is 11.6. The van der Waals surface area contributed by atoms with Gasteiger partial charge in [0.2, 0.25) is 0 Å². The minimum absolute atomic E-state index is 0.0506. The Hall–Kier alpha value is -3.74. The van der Waals surface area contributed by atoms with Gasteiger partial charge in [0.1, 0.15) is 17.6 Å². The van der Waals surface area contributed by atoms with Gasteiger partial charge in [-0.1, -0.05) is 41.6 Å². The van der Waals surface area contributed by atoms with Gasteiger partial charge in [-0.3, -0.25) is 10.1 Å². The van der Waals surface area contributed by atoms with E-state index in [9.17, 15) is 10.1 Å². The minimum atomic E-state index is -0.408. The van der Waals surface area contributed by atoms with E-state index in [4.69, 9.17) is 4.52 Å². The average molecular weight is 388 g/mol. The van der Waals surface area contributed by atoms with Crippen LogP contribution in [-0.2, 0) is 0 Å². The fourth-order valence-corrected chi connectivity index (χ4v) is 3.57. The number of hydrogen-bond donors (Lipinski definition) is 1. The molecule has 4 rings (SSSR count). The predicted molar refractivity (Wildman–Crippen MR) is 112 cm³/mol. The van der Waals surface area contributed by atoms with E-state index in [1.165, 1.54) is 6.20 Å². The number of pyridine rings is 1. The summed E-state index contributed by atoms with van der Waals surface area (Å²) in [6.45, 7) is 5.72. The van der Waals surface area contributed by atoms with E-state index >= 15 is 0 Å². The van der Waals surface area contributed by atoms with Gasteiger partial charge in [0, 0.05) is 17.0 Å². The largest absolute Gasteiger partial charge is 0.372 e. The normalized spacial score (nSPS) is 12.1. The standard InChI is InChI=1S/C22H20N4O3/c1-13(16-7-5-4-6-8-16)24-22-18-10-9-17(21-14(2)25-29-15(21)3)11-19(18)23-12-20(22)26(27)28/h4-13H,1-3H3,(H,23,24)/t13-/m1/s1. The first-order valence-corrected chi connectivity index (χ1v) is 9.27. The smallest absolute Gasteiger partial charge is 0.311 e. The Labute approximate surface area is 167 Å². The monoisotopic (exact) mass is 388 g/mol. The molecule has 2 heterocycles. The number of aromatic nitrogens is 2. The number of rotatable bonds is 5. The van der Waals surface area contributed by atoms with Crippen LogP contribution in [0.1, 0.15) is 30.0 Å². The quantitative estimate of drug-likeness (QED) is 0.354. The van der Waals surface area contributed by atoms with Gasteiger partial charge in [-0.25, -0.2) is 4.98 Å². The number of nitrogens with one attached hydrogen (secondary N) is 1. The molecule has 0 amide bonds. The molecule has 2 aromatic heterocycles. The van der Waals surface area contributed by atoms with Crippen LogP contribution in [0.25, 0.3) is 22.0 Å². The summed E-state index contributed by atoms with van der Waals surface area (Å²) in [4.78, 5) is 15.6. The van der Waals surface area contributed by atoms with Gasteiger partial charge < -0.3 is 9.84 Å². The summed E-state index contributed by atoms with van der Waals surface area (Å²) >= 11 is 0. The molecule has 0 bridgehead atoms. The van der Waals surface area contributed by atoms with E-state index in [0.29, 0.717) is 16.6 Å². The average Bonchev–Trinajstić information content (AvgIpc) is 3.06. The number of fused-ring (bicyclic) bond motifs is 1. The van der Waals surface area contributed by atoms with Crippen molar-refractivity contribution in [2.75, 3.05) is 5.32 Å². The van der Waals surface area contributed by atoms with Crippen molar-refractivity contribution in [2.24, 2.45) is 0 Å². The highest BCUT2D eigenvalue weighted by Crippen LogP contribution is 2.37. The summed E-state index contributed by atoms with van der Waals surface area (Å²) in [6.07, 6.45) is 1.31. The van der Waals surface area contributed by atoms with Crippen molar-refractivity contribution in [3.63, 3.8) is 0 Å². The van der Waals surface area contributed by atoms with E-state index in [1.54, 1.807) is 0 Å². The van der Waals surface area contributed by atoms with Crippen molar-refractivity contribution in [1.82, 2.24) is 10.1 Å². The summed E-state index contributed by atoms with van der Waals surface area (Å²) in [6, 6.07) is 15.4. The molecule has 2 aromatic carbocycles. The summed E-state index contributed by atoms with van der Waals surface area (Å²) in [5.41, 5.74) is 4.73. The fourth-order valence-electron chi connectivity index (χ4n) is 3.57. The van der Waals surface area contributed by atoms with Crippen LogP contribution in [-0.4, -0.2) is 15.1 Å². The molecule has 0 aliphatic carbocycles. The van der Waals surface area contributed by atoms with Gasteiger partial charge in [0.25, 0.3) is 0 Å². The summed E-state index contributed by atoms with van der Waals surface area (Å²) in [5, 5.41) is 19.6.